The van der Waals surface area contributed by atoms with Crippen LogP contribution in [0.4, 0.5) is 5.69 Å². The molecule has 0 aliphatic rings. The van der Waals surface area contributed by atoms with E-state index in [1.54, 1.807) is 13.2 Å². The fourth-order valence-electron chi connectivity index (χ4n) is 1.49. The number of amides is 1. The Morgan fingerprint density at radius 2 is 2.29 bits per heavy atom. The molecule has 0 radical (unpaired) electrons. The fraction of sp³-hybridized carbons (Fsp3) is 0.385. The Morgan fingerprint density at radius 1 is 1.52 bits per heavy atom. The van der Waals surface area contributed by atoms with Crippen molar-refractivity contribution in [2.45, 2.75) is 6.42 Å². The molecule has 0 bridgehead atoms. The van der Waals surface area contributed by atoms with E-state index in [0.717, 1.165) is 6.07 Å². The van der Waals surface area contributed by atoms with Crippen LogP contribution in [0.3, 0.4) is 0 Å². The molecular formula is C13H15N3O5. The Balaban J connectivity index is 2.57. The summed E-state index contributed by atoms with van der Waals surface area (Å²) in [7, 11) is 1.56. The van der Waals surface area contributed by atoms with Crippen LogP contribution < -0.4 is 10.1 Å². The highest BCUT2D eigenvalue weighted by Gasteiger charge is 2.17. The predicted octanol–water partition coefficient (Wildman–Crippen LogP) is 0.998. The van der Waals surface area contributed by atoms with Crippen molar-refractivity contribution in [1.82, 2.24) is 5.32 Å². The van der Waals surface area contributed by atoms with E-state index in [-0.39, 0.29) is 29.5 Å². The number of rotatable bonds is 8. The standard InChI is InChI=1S/C13H15N3O5/c1-20-6-2-5-15-13(17)9-21-12-4-3-10(8-14)7-11(12)16(18)19/h3-4,7H,2,5-6,9H2,1H3,(H,15,17). The number of benzene rings is 1. The number of nitriles is 1. The summed E-state index contributed by atoms with van der Waals surface area (Å²) in [6.45, 7) is 0.632. The number of hydrogen-bond acceptors (Lipinski definition) is 6. The van der Waals surface area contributed by atoms with Crippen LogP contribution in [-0.4, -0.2) is 37.7 Å². The minimum atomic E-state index is -0.660. The molecule has 0 spiro atoms. The summed E-state index contributed by atoms with van der Waals surface area (Å²) in [5.41, 5.74) is -0.195. The average molecular weight is 293 g/mol. The van der Waals surface area contributed by atoms with E-state index in [1.807, 2.05) is 0 Å². The van der Waals surface area contributed by atoms with Crippen LogP contribution in [0, 0.1) is 21.4 Å². The predicted molar refractivity (Wildman–Crippen MR) is 72.8 cm³/mol. The number of methoxy groups -OCH3 is 1. The number of nitro groups is 1. The maximum Gasteiger partial charge on any atom is 0.312 e. The molecule has 112 valence electrons. The normalized spacial score (nSPS) is 9.71. The molecule has 0 unspecified atom stereocenters. The van der Waals surface area contributed by atoms with Crippen LogP contribution in [0.5, 0.6) is 5.75 Å². The quantitative estimate of drug-likeness (QED) is 0.434. The summed E-state index contributed by atoms with van der Waals surface area (Å²) in [6, 6.07) is 5.59. The van der Waals surface area contributed by atoms with Gasteiger partial charge in [0.05, 0.1) is 16.6 Å². The van der Waals surface area contributed by atoms with Gasteiger partial charge in [0.25, 0.3) is 5.91 Å². The summed E-state index contributed by atoms with van der Waals surface area (Å²) < 4.78 is 9.96. The number of nitro benzene ring substituents is 1. The van der Waals surface area contributed by atoms with Gasteiger partial charge in [-0.25, -0.2) is 0 Å². The molecule has 21 heavy (non-hydrogen) atoms. The molecule has 8 heteroatoms. The van der Waals surface area contributed by atoms with Crippen molar-refractivity contribution in [2.24, 2.45) is 0 Å². The highest BCUT2D eigenvalue weighted by molar-refractivity contribution is 5.77. The first kappa shape index (κ1) is 16.4. The molecule has 8 nitrogen and oxygen atoms in total. The Bertz CT molecular complexity index is 553. The second-order valence-corrected chi connectivity index (χ2v) is 4.04. The lowest BCUT2D eigenvalue weighted by Gasteiger charge is -2.07. The monoisotopic (exact) mass is 293 g/mol. The first-order valence-corrected chi connectivity index (χ1v) is 6.15. The Kier molecular flexibility index (Phi) is 6.63. The molecule has 1 amide bonds. The van der Waals surface area contributed by atoms with Crippen LogP contribution >= 0.6 is 0 Å². The van der Waals surface area contributed by atoms with Crippen molar-refractivity contribution in [3.05, 3.63) is 33.9 Å². The summed E-state index contributed by atoms with van der Waals surface area (Å²) in [5, 5.41) is 22.2. The molecule has 1 aromatic carbocycles. The second-order valence-electron chi connectivity index (χ2n) is 4.04. The Hall–Kier alpha value is -2.66. The number of nitrogens with one attached hydrogen (secondary N) is 1. The lowest BCUT2D eigenvalue weighted by Crippen LogP contribution is -2.30. The lowest BCUT2D eigenvalue weighted by atomic mass is 10.2. The molecule has 1 rings (SSSR count). The zero-order valence-corrected chi connectivity index (χ0v) is 11.5. The number of ether oxygens (including phenoxy) is 2. The van der Waals surface area contributed by atoms with Gasteiger partial charge in [0.1, 0.15) is 0 Å². The van der Waals surface area contributed by atoms with E-state index >= 15 is 0 Å². The molecule has 0 fully saturated rings. The minimum absolute atomic E-state index is 0.0500. The number of nitrogens with zero attached hydrogens (tertiary/aromatic N) is 2. The maximum atomic E-state index is 11.5. The third-order valence-corrected chi connectivity index (χ3v) is 2.49. The van der Waals surface area contributed by atoms with Gasteiger partial charge >= 0.3 is 5.69 Å². The fourth-order valence-corrected chi connectivity index (χ4v) is 1.49. The van der Waals surface area contributed by atoms with E-state index in [1.165, 1.54) is 12.1 Å². The van der Waals surface area contributed by atoms with Gasteiger partial charge in [-0.05, 0) is 18.6 Å². The van der Waals surface area contributed by atoms with E-state index in [0.29, 0.717) is 19.6 Å². The first-order chi connectivity index (χ1) is 10.1. The van der Waals surface area contributed by atoms with E-state index in [4.69, 9.17) is 14.7 Å². The molecule has 0 aliphatic heterocycles. The third kappa shape index (κ3) is 5.46. The maximum absolute atomic E-state index is 11.5. The lowest BCUT2D eigenvalue weighted by molar-refractivity contribution is -0.385. The zero-order valence-electron chi connectivity index (χ0n) is 11.5. The molecular weight excluding hydrogens is 278 g/mol. The van der Waals surface area contributed by atoms with E-state index in [2.05, 4.69) is 5.32 Å². The minimum Gasteiger partial charge on any atom is -0.477 e. The molecule has 1 aromatic rings. The highest BCUT2D eigenvalue weighted by Crippen LogP contribution is 2.27. The van der Waals surface area contributed by atoms with Crippen molar-refractivity contribution in [3.63, 3.8) is 0 Å². The average Bonchev–Trinajstić information content (AvgIpc) is 2.49. The first-order valence-electron chi connectivity index (χ1n) is 6.15. The third-order valence-electron chi connectivity index (χ3n) is 2.49. The topological polar surface area (TPSA) is 114 Å². The van der Waals surface area contributed by atoms with Crippen molar-refractivity contribution in [3.8, 4) is 11.8 Å². The van der Waals surface area contributed by atoms with Gasteiger partial charge in [-0.3, -0.25) is 14.9 Å². The van der Waals surface area contributed by atoms with Crippen molar-refractivity contribution >= 4 is 11.6 Å². The van der Waals surface area contributed by atoms with Gasteiger partial charge in [-0.15, -0.1) is 0 Å². The van der Waals surface area contributed by atoms with Crippen LogP contribution in [0.25, 0.3) is 0 Å². The smallest absolute Gasteiger partial charge is 0.312 e. The summed E-state index contributed by atoms with van der Waals surface area (Å²) in [6.07, 6.45) is 0.666. The highest BCUT2D eigenvalue weighted by atomic mass is 16.6. The van der Waals surface area contributed by atoms with Gasteiger partial charge in [-0.2, -0.15) is 5.26 Å². The Morgan fingerprint density at radius 3 is 2.90 bits per heavy atom. The van der Waals surface area contributed by atoms with Crippen molar-refractivity contribution < 1.29 is 19.2 Å². The molecule has 0 saturated carbocycles. The molecule has 0 aliphatic carbocycles. The van der Waals surface area contributed by atoms with E-state index < -0.39 is 4.92 Å². The Labute approximate surface area is 121 Å². The second kappa shape index (κ2) is 8.50. The number of carbonyl (C=O) groups excluding carboxylic acids is 1. The largest absolute Gasteiger partial charge is 0.477 e. The van der Waals surface area contributed by atoms with E-state index in [9.17, 15) is 14.9 Å². The van der Waals surface area contributed by atoms with Crippen LogP contribution in [0.1, 0.15) is 12.0 Å². The van der Waals surface area contributed by atoms with Crippen molar-refractivity contribution in [1.29, 1.82) is 5.26 Å². The SMILES string of the molecule is COCCCNC(=O)COc1ccc(C#N)cc1[N+](=O)[O-]. The molecule has 0 atom stereocenters. The van der Waals surface area contributed by atoms with Crippen LogP contribution in [0.15, 0.2) is 18.2 Å². The van der Waals surface area contributed by atoms with Gasteiger partial charge in [0, 0.05) is 26.3 Å². The van der Waals surface area contributed by atoms with Gasteiger partial charge in [-0.1, -0.05) is 0 Å². The van der Waals surface area contributed by atoms with Crippen LogP contribution in [-0.2, 0) is 9.53 Å². The summed E-state index contributed by atoms with van der Waals surface area (Å²) in [4.78, 5) is 21.7. The summed E-state index contributed by atoms with van der Waals surface area (Å²) in [5.74, 6) is -0.434. The molecule has 0 saturated heterocycles. The van der Waals surface area contributed by atoms with Gasteiger partial charge < -0.3 is 14.8 Å². The zero-order chi connectivity index (χ0) is 15.7. The van der Waals surface area contributed by atoms with Crippen molar-refractivity contribution in [2.75, 3.05) is 26.9 Å². The number of carbonyl (C=O) groups is 1. The van der Waals surface area contributed by atoms with Gasteiger partial charge in [0.15, 0.2) is 12.4 Å². The van der Waals surface area contributed by atoms with Crippen LogP contribution in [0.2, 0.25) is 0 Å². The molecule has 1 N–H and O–H groups in total. The molecule has 0 heterocycles. The number of hydrogen-bond donors (Lipinski definition) is 1. The van der Waals surface area contributed by atoms with Gasteiger partial charge in [0.2, 0.25) is 0 Å². The summed E-state index contributed by atoms with van der Waals surface area (Å²) >= 11 is 0. The molecule has 0 aromatic heterocycles.